The van der Waals surface area contributed by atoms with Crippen molar-refractivity contribution in [3.63, 3.8) is 0 Å². The highest BCUT2D eigenvalue weighted by Gasteiger charge is 2.15. The Morgan fingerprint density at radius 1 is 1.38 bits per heavy atom. The molecule has 7 heteroatoms. The zero-order valence-electron chi connectivity index (χ0n) is 13.5. The highest BCUT2D eigenvalue weighted by molar-refractivity contribution is 5.85. The molecule has 1 aliphatic rings. The monoisotopic (exact) mass is 370 g/mol. The lowest BCUT2D eigenvalue weighted by Crippen LogP contribution is -2.23. The van der Waals surface area contributed by atoms with Gasteiger partial charge in [0.05, 0.1) is 6.33 Å². The summed E-state index contributed by atoms with van der Waals surface area (Å²) in [7, 11) is 0. The number of hydrogen-bond donors (Lipinski definition) is 2. The summed E-state index contributed by atoms with van der Waals surface area (Å²) >= 11 is 0. The van der Waals surface area contributed by atoms with E-state index in [0.29, 0.717) is 18.9 Å². The standard InChI is InChI=1S/C17H22N4O.2ClH/c22-17(5-4-14-6-7-18-11-14)20-12-15-2-1-3-16(10-15)21-9-8-19-13-21;;/h1-3,8-10,13-14,18H,4-7,11-12H2,(H,20,22);2*1H. The second-order valence-electron chi connectivity index (χ2n) is 5.81. The van der Waals surface area contributed by atoms with Gasteiger partial charge in [-0.1, -0.05) is 12.1 Å². The van der Waals surface area contributed by atoms with Gasteiger partial charge in [0.15, 0.2) is 0 Å². The minimum Gasteiger partial charge on any atom is -0.352 e. The second kappa shape index (κ2) is 10.3. The van der Waals surface area contributed by atoms with Gasteiger partial charge in [0, 0.05) is 31.0 Å². The van der Waals surface area contributed by atoms with Crippen molar-refractivity contribution in [3.05, 3.63) is 48.5 Å². The molecule has 132 valence electrons. The number of hydrogen-bond acceptors (Lipinski definition) is 3. The second-order valence-corrected chi connectivity index (χ2v) is 5.81. The molecule has 0 radical (unpaired) electrons. The molecule has 0 bridgehead atoms. The minimum atomic E-state index is 0. The quantitative estimate of drug-likeness (QED) is 0.821. The summed E-state index contributed by atoms with van der Waals surface area (Å²) in [5.41, 5.74) is 2.16. The van der Waals surface area contributed by atoms with Crippen molar-refractivity contribution in [1.82, 2.24) is 20.2 Å². The van der Waals surface area contributed by atoms with E-state index in [2.05, 4.69) is 21.7 Å². The number of carbonyl (C=O) groups excluding carboxylic acids is 1. The summed E-state index contributed by atoms with van der Waals surface area (Å²) < 4.78 is 1.96. The molecule has 3 rings (SSSR count). The molecule has 1 aromatic carbocycles. The Morgan fingerprint density at radius 3 is 2.96 bits per heavy atom. The third-order valence-electron chi connectivity index (χ3n) is 4.14. The number of benzene rings is 1. The van der Waals surface area contributed by atoms with Crippen molar-refractivity contribution < 1.29 is 4.79 Å². The van der Waals surface area contributed by atoms with E-state index in [0.717, 1.165) is 30.8 Å². The smallest absolute Gasteiger partial charge is 0.220 e. The minimum absolute atomic E-state index is 0. The number of carbonyl (C=O) groups is 1. The first-order valence-electron chi connectivity index (χ1n) is 7.86. The molecule has 1 unspecified atom stereocenters. The van der Waals surface area contributed by atoms with Crippen LogP contribution in [0.15, 0.2) is 43.0 Å². The summed E-state index contributed by atoms with van der Waals surface area (Å²) in [5.74, 6) is 0.801. The topological polar surface area (TPSA) is 59.0 Å². The Bertz CT molecular complexity index is 613. The number of rotatable bonds is 6. The summed E-state index contributed by atoms with van der Waals surface area (Å²) in [5, 5.41) is 6.35. The first-order chi connectivity index (χ1) is 10.8. The molecular formula is C17H24Cl2N4O. The molecule has 1 saturated heterocycles. The van der Waals surface area contributed by atoms with E-state index in [1.54, 1.807) is 12.5 Å². The molecule has 0 aliphatic carbocycles. The molecule has 1 atom stereocenters. The van der Waals surface area contributed by atoms with Gasteiger partial charge in [-0.2, -0.15) is 0 Å². The first-order valence-corrected chi connectivity index (χ1v) is 7.86. The third-order valence-corrected chi connectivity index (χ3v) is 4.14. The Morgan fingerprint density at radius 2 is 2.25 bits per heavy atom. The van der Waals surface area contributed by atoms with E-state index in [1.807, 2.05) is 29.0 Å². The van der Waals surface area contributed by atoms with E-state index in [4.69, 9.17) is 0 Å². The molecule has 1 amide bonds. The Hall–Kier alpha value is -1.56. The average Bonchev–Trinajstić information content (AvgIpc) is 3.24. The summed E-state index contributed by atoms with van der Waals surface area (Å²) in [4.78, 5) is 16.0. The molecule has 0 spiro atoms. The maximum atomic E-state index is 11.9. The molecule has 1 aliphatic heterocycles. The molecule has 2 N–H and O–H groups in total. The number of nitrogens with one attached hydrogen (secondary N) is 2. The van der Waals surface area contributed by atoms with Crippen LogP contribution in [0.4, 0.5) is 0 Å². The van der Waals surface area contributed by atoms with Crippen molar-refractivity contribution in [1.29, 1.82) is 0 Å². The van der Waals surface area contributed by atoms with Crippen LogP contribution in [0.5, 0.6) is 0 Å². The van der Waals surface area contributed by atoms with Crippen LogP contribution in [-0.4, -0.2) is 28.5 Å². The van der Waals surface area contributed by atoms with Gasteiger partial charge in [0.25, 0.3) is 0 Å². The van der Waals surface area contributed by atoms with Crippen LogP contribution in [-0.2, 0) is 11.3 Å². The number of aromatic nitrogens is 2. The molecule has 2 heterocycles. The average molecular weight is 371 g/mol. The predicted molar refractivity (Wildman–Crippen MR) is 100 cm³/mol. The lowest BCUT2D eigenvalue weighted by Gasteiger charge is -2.10. The SMILES string of the molecule is Cl.Cl.O=C(CCC1CCNC1)NCc1cccc(-n2ccnc2)c1. The van der Waals surface area contributed by atoms with Gasteiger partial charge in [-0.25, -0.2) is 4.98 Å². The van der Waals surface area contributed by atoms with E-state index in [9.17, 15) is 4.79 Å². The van der Waals surface area contributed by atoms with Crippen molar-refractivity contribution >= 4 is 30.7 Å². The maximum absolute atomic E-state index is 11.9. The molecule has 1 fully saturated rings. The zero-order chi connectivity index (χ0) is 15.2. The van der Waals surface area contributed by atoms with Gasteiger partial charge >= 0.3 is 0 Å². The van der Waals surface area contributed by atoms with Crippen LogP contribution >= 0.6 is 24.8 Å². The molecule has 0 saturated carbocycles. The molecule has 24 heavy (non-hydrogen) atoms. The maximum Gasteiger partial charge on any atom is 0.220 e. The molecule has 2 aromatic rings. The normalized spacial score (nSPS) is 16.1. The Balaban J connectivity index is 0.00000144. The van der Waals surface area contributed by atoms with E-state index >= 15 is 0 Å². The third kappa shape index (κ3) is 5.82. The van der Waals surface area contributed by atoms with Crippen LogP contribution in [0.2, 0.25) is 0 Å². The highest BCUT2D eigenvalue weighted by atomic mass is 35.5. The Labute approximate surface area is 155 Å². The summed E-state index contributed by atoms with van der Waals surface area (Å²) in [6, 6.07) is 8.13. The van der Waals surface area contributed by atoms with Crippen LogP contribution < -0.4 is 10.6 Å². The van der Waals surface area contributed by atoms with Gasteiger partial charge < -0.3 is 15.2 Å². The summed E-state index contributed by atoms with van der Waals surface area (Å²) in [6.45, 7) is 2.72. The van der Waals surface area contributed by atoms with E-state index in [-0.39, 0.29) is 30.7 Å². The van der Waals surface area contributed by atoms with Crippen molar-refractivity contribution in [2.24, 2.45) is 5.92 Å². The highest BCUT2D eigenvalue weighted by Crippen LogP contribution is 2.14. The molecule has 5 nitrogen and oxygen atoms in total. The lowest BCUT2D eigenvalue weighted by atomic mass is 10.0. The first kappa shape index (κ1) is 20.5. The van der Waals surface area contributed by atoms with Crippen LogP contribution in [0.25, 0.3) is 5.69 Å². The van der Waals surface area contributed by atoms with E-state index < -0.39 is 0 Å². The number of amides is 1. The van der Waals surface area contributed by atoms with Gasteiger partial charge in [0.2, 0.25) is 5.91 Å². The van der Waals surface area contributed by atoms with Crippen molar-refractivity contribution in [3.8, 4) is 5.69 Å². The van der Waals surface area contributed by atoms with Gasteiger partial charge in [0.1, 0.15) is 0 Å². The summed E-state index contributed by atoms with van der Waals surface area (Å²) in [6.07, 6.45) is 8.23. The van der Waals surface area contributed by atoms with Crippen LogP contribution in [0.1, 0.15) is 24.8 Å². The number of nitrogens with zero attached hydrogens (tertiary/aromatic N) is 2. The fraction of sp³-hybridized carbons (Fsp3) is 0.412. The largest absolute Gasteiger partial charge is 0.352 e. The van der Waals surface area contributed by atoms with Gasteiger partial charge in [-0.3, -0.25) is 4.79 Å². The number of imidazole rings is 1. The molecular weight excluding hydrogens is 347 g/mol. The van der Waals surface area contributed by atoms with Crippen molar-refractivity contribution in [2.45, 2.75) is 25.8 Å². The van der Waals surface area contributed by atoms with Crippen LogP contribution in [0.3, 0.4) is 0 Å². The van der Waals surface area contributed by atoms with Gasteiger partial charge in [-0.05, 0) is 49.5 Å². The van der Waals surface area contributed by atoms with Gasteiger partial charge in [-0.15, -0.1) is 24.8 Å². The number of halogens is 2. The van der Waals surface area contributed by atoms with Crippen LogP contribution in [0, 0.1) is 5.92 Å². The molecule has 1 aromatic heterocycles. The fourth-order valence-corrected chi connectivity index (χ4v) is 2.82. The lowest BCUT2D eigenvalue weighted by molar-refractivity contribution is -0.121. The fourth-order valence-electron chi connectivity index (χ4n) is 2.82. The van der Waals surface area contributed by atoms with E-state index in [1.165, 1.54) is 6.42 Å². The van der Waals surface area contributed by atoms with Crippen molar-refractivity contribution in [2.75, 3.05) is 13.1 Å². The zero-order valence-corrected chi connectivity index (χ0v) is 15.1. The Kier molecular flexibility index (Phi) is 8.82. The predicted octanol–water partition coefficient (Wildman–Crippen LogP) is 2.72.